The van der Waals surface area contributed by atoms with Crippen molar-refractivity contribution < 1.29 is 18.3 Å². The van der Waals surface area contributed by atoms with Gasteiger partial charge in [0.15, 0.2) is 0 Å². The Balaban J connectivity index is 3.29. The van der Waals surface area contributed by atoms with Crippen LogP contribution in [0.1, 0.15) is 57.8 Å². The first-order valence-corrected chi connectivity index (χ1v) is 8.33. The SMILES string of the molecule is COC(=O)CCCCCCCCC(Br)CC(F)(F)Br. The summed E-state index contributed by atoms with van der Waals surface area (Å²) < 4.78 is 29.8. The molecule has 0 amide bonds. The van der Waals surface area contributed by atoms with Gasteiger partial charge in [-0.1, -0.05) is 48.0 Å². The molecule has 0 saturated heterocycles. The summed E-state index contributed by atoms with van der Waals surface area (Å²) in [6, 6.07) is 0. The largest absolute Gasteiger partial charge is 0.469 e. The van der Waals surface area contributed by atoms with Crippen LogP contribution in [0.3, 0.4) is 0 Å². The smallest absolute Gasteiger partial charge is 0.305 e. The third-order valence-electron chi connectivity index (χ3n) is 2.83. The molecule has 2 nitrogen and oxygen atoms in total. The first kappa shape index (κ1) is 19.3. The molecule has 114 valence electrons. The molecular formula is C13H22Br2F2O2. The topological polar surface area (TPSA) is 26.3 Å². The van der Waals surface area contributed by atoms with Crippen LogP contribution in [-0.4, -0.2) is 22.7 Å². The minimum atomic E-state index is -2.77. The average Bonchev–Trinajstić information content (AvgIpc) is 2.29. The molecule has 0 radical (unpaired) electrons. The third kappa shape index (κ3) is 14.5. The van der Waals surface area contributed by atoms with Crippen LogP contribution >= 0.6 is 31.9 Å². The molecule has 0 aliphatic heterocycles. The fourth-order valence-electron chi connectivity index (χ4n) is 1.80. The van der Waals surface area contributed by atoms with Crippen LogP contribution in [0, 0.1) is 0 Å². The first-order valence-electron chi connectivity index (χ1n) is 6.63. The Kier molecular flexibility index (Phi) is 11.2. The van der Waals surface area contributed by atoms with E-state index in [0.717, 1.165) is 44.9 Å². The second kappa shape index (κ2) is 11.0. The van der Waals surface area contributed by atoms with Crippen molar-refractivity contribution in [1.82, 2.24) is 0 Å². The van der Waals surface area contributed by atoms with Gasteiger partial charge in [0.05, 0.1) is 7.11 Å². The number of methoxy groups -OCH3 is 1. The second-order valence-electron chi connectivity index (χ2n) is 4.65. The zero-order chi connectivity index (χ0) is 14.7. The van der Waals surface area contributed by atoms with Crippen LogP contribution in [0.15, 0.2) is 0 Å². The summed E-state index contributed by atoms with van der Waals surface area (Å²) >= 11 is 5.62. The number of carbonyl (C=O) groups excluding carboxylic acids is 1. The Morgan fingerprint density at radius 1 is 1.16 bits per heavy atom. The predicted molar refractivity (Wildman–Crippen MR) is 80.2 cm³/mol. The Morgan fingerprint density at radius 3 is 2.21 bits per heavy atom. The van der Waals surface area contributed by atoms with Crippen molar-refractivity contribution in [3.8, 4) is 0 Å². The maximum atomic E-state index is 12.6. The van der Waals surface area contributed by atoms with E-state index < -0.39 is 4.83 Å². The molecule has 0 fully saturated rings. The van der Waals surface area contributed by atoms with Gasteiger partial charge >= 0.3 is 10.8 Å². The summed E-state index contributed by atoms with van der Waals surface area (Å²) in [5.74, 6) is -0.155. The van der Waals surface area contributed by atoms with E-state index in [9.17, 15) is 13.6 Å². The van der Waals surface area contributed by atoms with Gasteiger partial charge in [-0.15, -0.1) is 0 Å². The van der Waals surface area contributed by atoms with Crippen molar-refractivity contribution in [2.75, 3.05) is 7.11 Å². The van der Waals surface area contributed by atoms with E-state index in [2.05, 4.69) is 36.6 Å². The standard InChI is InChI=1S/C13H22Br2F2O2/c1-19-12(18)9-7-5-3-2-4-6-8-11(14)10-13(15,16)17/h11H,2-10H2,1H3. The van der Waals surface area contributed by atoms with Crippen LogP contribution in [0.5, 0.6) is 0 Å². The van der Waals surface area contributed by atoms with E-state index in [1.54, 1.807) is 0 Å². The van der Waals surface area contributed by atoms with E-state index in [-0.39, 0.29) is 17.2 Å². The lowest BCUT2D eigenvalue weighted by Crippen LogP contribution is -2.12. The van der Waals surface area contributed by atoms with Gasteiger partial charge in [-0.2, -0.15) is 8.78 Å². The lowest BCUT2D eigenvalue weighted by Gasteiger charge is -2.13. The zero-order valence-electron chi connectivity index (χ0n) is 11.3. The molecule has 0 aliphatic carbocycles. The van der Waals surface area contributed by atoms with Gasteiger partial charge in [0.1, 0.15) is 0 Å². The van der Waals surface area contributed by atoms with E-state index >= 15 is 0 Å². The molecule has 6 heteroatoms. The highest BCUT2D eigenvalue weighted by Gasteiger charge is 2.27. The molecule has 0 rings (SSSR count). The fourth-order valence-corrected chi connectivity index (χ4v) is 3.35. The molecule has 19 heavy (non-hydrogen) atoms. The molecule has 0 spiro atoms. The number of hydrogen-bond acceptors (Lipinski definition) is 2. The maximum Gasteiger partial charge on any atom is 0.305 e. The number of hydrogen-bond donors (Lipinski definition) is 0. The lowest BCUT2D eigenvalue weighted by molar-refractivity contribution is -0.140. The lowest BCUT2D eigenvalue weighted by atomic mass is 10.1. The van der Waals surface area contributed by atoms with Gasteiger partial charge in [-0.05, 0) is 28.8 Å². The molecule has 1 unspecified atom stereocenters. The molecule has 0 aliphatic rings. The predicted octanol–water partition coefficient (Wildman–Crippen LogP) is 5.42. The van der Waals surface area contributed by atoms with E-state index in [4.69, 9.17) is 0 Å². The second-order valence-corrected chi connectivity index (χ2v) is 7.11. The van der Waals surface area contributed by atoms with Gasteiger partial charge in [0.2, 0.25) is 0 Å². The highest BCUT2D eigenvalue weighted by atomic mass is 79.9. The van der Waals surface area contributed by atoms with Crippen molar-refractivity contribution in [2.45, 2.75) is 67.4 Å². The summed E-state index contributed by atoms with van der Waals surface area (Å²) in [5.41, 5.74) is 0. The summed E-state index contributed by atoms with van der Waals surface area (Å²) in [5, 5.41) is 0. The van der Waals surface area contributed by atoms with E-state index in [0.29, 0.717) is 6.42 Å². The number of carbonyl (C=O) groups is 1. The molecule has 0 N–H and O–H groups in total. The van der Waals surface area contributed by atoms with Crippen LogP contribution < -0.4 is 0 Å². The summed E-state index contributed by atoms with van der Waals surface area (Å²) in [4.78, 5) is 7.94. The molecule has 0 aromatic rings. The molecule has 0 heterocycles. The van der Waals surface area contributed by atoms with Crippen molar-refractivity contribution in [1.29, 1.82) is 0 Å². The van der Waals surface area contributed by atoms with Gasteiger partial charge in [0, 0.05) is 17.7 Å². The van der Waals surface area contributed by atoms with Crippen LogP contribution in [0.25, 0.3) is 0 Å². The van der Waals surface area contributed by atoms with Crippen LogP contribution in [-0.2, 0) is 9.53 Å². The summed E-state index contributed by atoms with van der Waals surface area (Å²) in [7, 11) is 1.40. The molecule has 0 bridgehead atoms. The number of alkyl halides is 4. The molecule has 0 aromatic heterocycles. The number of unbranched alkanes of at least 4 members (excludes halogenated alkanes) is 5. The molecule has 0 saturated carbocycles. The van der Waals surface area contributed by atoms with Crippen LogP contribution in [0.4, 0.5) is 8.78 Å². The monoisotopic (exact) mass is 406 g/mol. The first-order chi connectivity index (χ1) is 8.85. The van der Waals surface area contributed by atoms with Gasteiger partial charge < -0.3 is 4.74 Å². The maximum absolute atomic E-state index is 12.6. The highest BCUT2D eigenvalue weighted by Crippen LogP contribution is 2.31. The number of rotatable bonds is 11. The normalized spacial score (nSPS) is 13.3. The Morgan fingerprint density at radius 2 is 1.68 bits per heavy atom. The Hall–Kier alpha value is 0.290. The van der Waals surface area contributed by atoms with Gasteiger partial charge in [0.25, 0.3) is 0 Å². The van der Waals surface area contributed by atoms with Crippen molar-refractivity contribution >= 4 is 37.8 Å². The zero-order valence-corrected chi connectivity index (χ0v) is 14.4. The summed E-state index contributed by atoms with van der Waals surface area (Å²) in [6.07, 6.45) is 7.14. The Labute approximate surface area is 130 Å². The highest BCUT2D eigenvalue weighted by molar-refractivity contribution is 9.10. The molecular weight excluding hydrogens is 386 g/mol. The van der Waals surface area contributed by atoms with Crippen molar-refractivity contribution in [3.05, 3.63) is 0 Å². The average molecular weight is 408 g/mol. The Bertz CT molecular complexity index is 245. The minimum absolute atomic E-state index is 0.138. The quantitative estimate of drug-likeness (QED) is 0.259. The van der Waals surface area contributed by atoms with Crippen LogP contribution in [0.2, 0.25) is 0 Å². The number of ether oxygens (including phenoxy) is 1. The minimum Gasteiger partial charge on any atom is -0.469 e. The van der Waals surface area contributed by atoms with Crippen molar-refractivity contribution in [2.24, 2.45) is 0 Å². The van der Waals surface area contributed by atoms with E-state index in [1.165, 1.54) is 7.11 Å². The van der Waals surface area contributed by atoms with Gasteiger partial charge in [-0.3, -0.25) is 4.79 Å². The molecule has 1 atom stereocenters. The van der Waals surface area contributed by atoms with Crippen molar-refractivity contribution in [3.63, 3.8) is 0 Å². The molecule has 0 aromatic carbocycles. The fraction of sp³-hybridized carbons (Fsp3) is 0.923. The van der Waals surface area contributed by atoms with E-state index in [1.807, 2.05) is 0 Å². The third-order valence-corrected chi connectivity index (χ3v) is 3.93. The number of halogens is 4. The number of esters is 1. The summed E-state index contributed by atoms with van der Waals surface area (Å²) in [6.45, 7) is 0. The van der Waals surface area contributed by atoms with Gasteiger partial charge in [-0.25, -0.2) is 0 Å².